The van der Waals surface area contributed by atoms with Crippen LogP contribution in [0, 0.1) is 0 Å². The quantitative estimate of drug-likeness (QED) is 0.916. The van der Waals surface area contributed by atoms with Gasteiger partial charge in [0.15, 0.2) is 0 Å². The molecule has 1 atom stereocenters. The zero-order valence-electron chi connectivity index (χ0n) is 14.7. The summed E-state index contributed by atoms with van der Waals surface area (Å²) in [6.45, 7) is 0.744. The molecular weight excluding hydrogens is 304 g/mol. The van der Waals surface area contributed by atoms with Crippen molar-refractivity contribution < 1.29 is 9.90 Å². The summed E-state index contributed by atoms with van der Waals surface area (Å²) >= 11 is 0. The summed E-state index contributed by atoms with van der Waals surface area (Å²) in [6, 6.07) is -0.0166. The number of carbonyl (C=O) groups excluding carboxylic acids is 1. The molecule has 0 unspecified atom stereocenters. The SMILES string of the molecule is CN(C)c1cncc([C@H]2CCCN2C(=O)CC2(O)CCCCC2)n1. The van der Waals surface area contributed by atoms with Crippen LogP contribution in [0.1, 0.15) is 63.1 Å². The molecule has 0 aromatic carbocycles. The topological polar surface area (TPSA) is 69.6 Å². The molecular formula is C18H28N4O2. The van der Waals surface area contributed by atoms with E-state index in [-0.39, 0.29) is 18.4 Å². The van der Waals surface area contributed by atoms with Crippen LogP contribution in [-0.2, 0) is 4.79 Å². The zero-order valence-corrected chi connectivity index (χ0v) is 14.7. The summed E-state index contributed by atoms with van der Waals surface area (Å²) in [5.41, 5.74) is 0.0438. The number of hydrogen-bond donors (Lipinski definition) is 1. The van der Waals surface area contributed by atoms with Crippen molar-refractivity contribution >= 4 is 11.7 Å². The molecule has 1 aromatic heterocycles. The van der Waals surface area contributed by atoms with Crippen LogP contribution in [0.4, 0.5) is 5.82 Å². The Bertz CT molecular complexity index is 584. The van der Waals surface area contributed by atoms with Crippen LogP contribution in [-0.4, -0.2) is 52.1 Å². The molecule has 3 rings (SSSR count). The highest BCUT2D eigenvalue weighted by atomic mass is 16.3. The lowest BCUT2D eigenvalue weighted by Crippen LogP contribution is -2.40. The molecule has 1 amide bonds. The molecule has 2 aliphatic rings. The standard InChI is InChI=1S/C18H28N4O2/c1-21(2)16-13-19-12-14(20-16)15-7-6-10-22(15)17(23)11-18(24)8-4-3-5-9-18/h12-13,15,24H,3-11H2,1-2H3/t15-/m1/s1. The van der Waals surface area contributed by atoms with E-state index in [0.717, 1.165) is 63.0 Å². The highest BCUT2D eigenvalue weighted by molar-refractivity contribution is 5.78. The van der Waals surface area contributed by atoms with Gasteiger partial charge in [0.05, 0.1) is 36.2 Å². The van der Waals surface area contributed by atoms with E-state index >= 15 is 0 Å². The Morgan fingerprint density at radius 3 is 2.75 bits per heavy atom. The third-order valence-electron chi connectivity index (χ3n) is 5.28. The molecule has 6 nitrogen and oxygen atoms in total. The van der Waals surface area contributed by atoms with Gasteiger partial charge in [0.2, 0.25) is 5.91 Å². The van der Waals surface area contributed by atoms with E-state index in [4.69, 9.17) is 0 Å². The summed E-state index contributed by atoms with van der Waals surface area (Å²) in [7, 11) is 3.87. The fraction of sp³-hybridized carbons (Fsp3) is 0.722. The Hall–Kier alpha value is -1.69. The minimum Gasteiger partial charge on any atom is -0.389 e. The first-order valence-electron chi connectivity index (χ1n) is 9.00. The van der Waals surface area contributed by atoms with Gasteiger partial charge in [0.1, 0.15) is 5.82 Å². The van der Waals surface area contributed by atoms with Crippen LogP contribution in [0.5, 0.6) is 0 Å². The van der Waals surface area contributed by atoms with Gasteiger partial charge in [0.25, 0.3) is 0 Å². The van der Waals surface area contributed by atoms with Crippen molar-refractivity contribution in [2.45, 2.75) is 63.0 Å². The average Bonchev–Trinajstić information content (AvgIpc) is 3.05. The summed E-state index contributed by atoms with van der Waals surface area (Å²) in [5, 5.41) is 10.7. The van der Waals surface area contributed by atoms with Crippen LogP contribution in [0.2, 0.25) is 0 Å². The normalized spacial score (nSPS) is 23.3. The first-order chi connectivity index (χ1) is 11.5. The van der Waals surface area contributed by atoms with Gasteiger partial charge in [-0.05, 0) is 25.7 Å². The third-order valence-corrected chi connectivity index (χ3v) is 5.28. The molecule has 1 aromatic rings. The number of aliphatic hydroxyl groups is 1. The second-order valence-electron chi connectivity index (χ2n) is 7.40. The number of hydrogen-bond acceptors (Lipinski definition) is 5. The maximum absolute atomic E-state index is 12.8. The summed E-state index contributed by atoms with van der Waals surface area (Å²) in [4.78, 5) is 25.6. The van der Waals surface area contributed by atoms with Crippen molar-refractivity contribution in [1.29, 1.82) is 0 Å². The molecule has 2 heterocycles. The first-order valence-corrected chi connectivity index (χ1v) is 9.00. The third kappa shape index (κ3) is 3.69. The zero-order chi connectivity index (χ0) is 17.2. The smallest absolute Gasteiger partial charge is 0.226 e. The lowest BCUT2D eigenvalue weighted by Gasteiger charge is -2.34. The molecule has 132 valence electrons. The Morgan fingerprint density at radius 1 is 1.29 bits per heavy atom. The van der Waals surface area contributed by atoms with Crippen molar-refractivity contribution in [3.63, 3.8) is 0 Å². The number of amides is 1. The second kappa shape index (κ2) is 7.05. The number of carbonyl (C=O) groups is 1. The number of nitrogens with zero attached hydrogens (tertiary/aromatic N) is 4. The fourth-order valence-corrected chi connectivity index (χ4v) is 3.89. The van der Waals surface area contributed by atoms with E-state index in [1.807, 2.05) is 23.9 Å². The van der Waals surface area contributed by atoms with Crippen LogP contribution in [0.15, 0.2) is 12.4 Å². The molecule has 24 heavy (non-hydrogen) atoms. The predicted octanol–water partition coefficient (Wildman–Crippen LogP) is 2.29. The summed E-state index contributed by atoms with van der Waals surface area (Å²) in [5.74, 6) is 0.858. The molecule has 2 fully saturated rings. The van der Waals surface area contributed by atoms with Crippen LogP contribution < -0.4 is 4.90 Å². The van der Waals surface area contributed by atoms with Gasteiger partial charge in [-0.2, -0.15) is 0 Å². The minimum atomic E-state index is -0.806. The van der Waals surface area contributed by atoms with E-state index in [1.165, 1.54) is 0 Å². The van der Waals surface area contributed by atoms with Crippen molar-refractivity contribution in [3.05, 3.63) is 18.1 Å². The van der Waals surface area contributed by atoms with Crippen molar-refractivity contribution in [2.24, 2.45) is 0 Å². The Kier molecular flexibility index (Phi) is 5.04. The van der Waals surface area contributed by atoms with Gasteiger partial charge in [-0.15, -0.1) is 0 Å². The van der Waals surface area contributed by atoms with Crippen molar-refractivity contribution in [1.82, 2.24) is 14.9 Å². The predicted molar refractivity (Wildman–Crippen MR) is 92.7 cm³/mol. The lowest BCUT2D eigenvalue weighted by molar-refractivity contribution is -0.138. The highest BCUT2D eigenvalue weighted by Crippen LogP contribution is 2.35. The number of aromatic nitrogens is 2. The second-order valence-corrected chi connectivity index (χ2v) is 7.40. The van der Waals surface area contributed by atoms with E-state index in [0.29, 0.717) is 0 Å². The van der Waals surface area contributed by atoms with E-state index in [1.54, 1.807) is 12.4 Å². The lowest BCUT2D eigenvalue weighted by atomic mass is 9.82. The first kappa shape index (κ1) is 17.1. The minimum absolute atomic E-state index is 0.0166. The van der Waals surface area contributed by atoms with Gasteiger partial charge >= 0.3 is 0 Å². The molecule has 1 aliphatic carbocycles. The maximum atomic E-state index is 12.8. The van der Waals surface area contributed by atoms with Gasteiger partial charge in [-0.25, -0.2) is 4.98 Å². The van der Waals surface area contributed by atoms with Crippen LogP contribution in [0.3, 0.4) is 0 Å². The number of rotatable bonds is 4. The molecule has 0 radical (unpaired) electrons. The van der Waals surface area contributed by atoms with E-state index in [2.05, 4.69) is 9.97 Å². The molecule has 6 heteroatoms. The summed E-state index contributed by atoms with van der Waals surface area (Å²) < 4.78 is 0. The van der Waals surface area contributed by atoms with Gasteiger partial charge in [0, 0.05) is 20.6 Å². The molecule has 1 saturated carbocycles. The largest absolute Gasteiger partial charge is 0.389 e. The van der Waals surface area contributed by atoms with E-state index in [9.17, 15) is 9.90 Å². The Morgan fingerprint density at radius 2 is 2.04 bits per heavy atom. The Balaban J connectivity index is 1.73. The monoisotopic (exact) mass is 332 g/mol. The molecule has 0 spiro atoms. The van der Waals surface area contributed by atoms with Gasteiger partial charge in [-0.1, -0.05) is 19.3 Å². The van der Waals surface area contributed by atoms with Crippen molar-refractivity contribution in [2.75, 3.05) is 25.5 Å². The maximum Gasteiger partial charge on any atom is 0.226 e. The molecule has 1 N–H and O–H groups in total. The van der Waals surface area contributed by atoms with Gasteiger partial charge in [-0.3, -0.25) is 9.78 Å². The van der Waals surface area contributed by atoms with Crippen LogP contribution in [0.25, 0.3) is 0 Å². The molecule has 1 saturated heterocycles. The molecule has 0 bridgehead atoms. The van der Waals surface area contributed by atoms with Gasteiger partial charge < -0.3 is 14.9 Å². The van der Waals surface area contributed by atoms with Crippen LogP contribution >= 0.6 is 0 Å². The Labute approximate surface area is 143 Å². The van der Waals surface area contributed by atoms with Crippen molar-refractivity contribution in [3.8, 4) is 0 Å². The average molecular weight is 332 g/mol. The highest BCUT2D eigenvalue weighted by Gasteiger charge is 2.37. The number of likely N-dealkylation sites (tertiary alicyclic amines) is 1. The number of anilines is 1. The fourth-order valence-electron chi connectivity index (χ4n) is 3.89. The summed E-state index contributed by atoms with van der Waals surface area (Å²) in [6.07, 6.45) is 10.3. The van der Waals surface area contributed by atoms with E-state index < -0.39 is 5.60 Å². The molecule has 1 aliphatic heterocycles.